The van der Waals surface area contributed by atoms with Crippen LogP contribution in [0.15, 0.2) is 78.9 Å². The van der Waals surface area contributed by atoms with Gasteiger partial charge in [0.15, 0.2) is 0 Å². The number of non-ortho nitro benzene ring substituents is 1. The number of nitrogens with zero attached hydrogens (tertiary/aromatic N) is 2. The minimum absolute atomic E-state index is 0.0420. The fourth-order valence-electron chi connectivity index (χ4n) is 2.79. The van der Waals surface area contributed by atoms with Crippen molar-refractivity contribution in [1.82, 2.24) is 0 Å². The van der Waals surface area contributed by atoms with Gasteiger partial charge < -0.3 is 5.32 Å². The number of benzene rings is 3. The van der Waals surface area contributed by atoms with Gasteiger partial charge in [-0.25, -0.2) is 0 Å². The predicted octanol–water partition coefficient (Wildman–Crippen LogP) is 4.84. The molecule has 0 aliphatic rings. The first-order valence-corrected chi connectivity index (χ1v) is 8.85. The zero-order valence-electron chi connectivity index (χ0n) is 15.4. The first-order chi connectivity index (χ1) is 14.1. The van der Waals surface area contributed by atoms with Gasteiger partial charge >= 0.3 is 0 Å². The maximum absolute atomic E-state index is 13.0. The Kier molecular flexibility index (Phi) is 6.13. The van der Waals surface area contributed by atoms with Gasteiger partial charge in [-0.2, -0.15) is 5.26 Å². The molecule has 0 saturated heterocycles. The van der Waals surface area contributed by atoms with Crippen molar-refractivity contribution in [1.29, 1.82) is 5.26 Å². The minimum atomic E-state index is -0.470. The van der Waals surface area contributed by atoms with Crippen LogP contribution in [-0.4, -0.2) is 10.8 Å². The Morgan fingerprint density at radius 2 is 1.76 bits per heavy atom. The molecule has 0 heterocycles. The molecule has 0 aliphatic carbocycles. The number of hydrogen-bond donors (Lipinski definition) is 1. The van der Waals surface area contributed by atoms with Crippen molar-refractivity contribution >= 4 is 28.9 Å². The van der Waals surface area contributed by atoms with Gasteiger partial charge in [0.25, 0.3) is 11.6 Å². The number of nitrogens with one attached hydrogen (secondary N) is 1. The van der Waals surface area contributed by atoms with Gasteiger partial charge in [0.2, 0.25) is 0 Å². The van der Waals surface area contributed by atoms with Crippen LogP contribution in [-0.2, 0) is 11.2 Å². The second-order valence-corrected chi connectivity index (χ2v) is 6.26. The summed E-state index contributed by atoms with van der Waals surface area (Å²) >= 11 is 0. The summed E-state index contributed by atoms with van der Waals surface area (Å²) in [6.07, 6.45) is 1.93. The molecule has 6 nitrogen and oxygen atoms in total. The van der Waals surface area contributed by atoms with Gasteiger partial charge in [0, 0.05) is 23.4 Å². The molecule has 0 aromatic heterocycles. The average Bonchev–Trinajstić information content (AvgIpc) is 2.74. The number of nitro groups is 1. The molecule has 3 aromatic carbocycles. The largest absolute Gasteiger partial charge is 0.322 e. The minimum Gasteiger partial charge on any atom is -0.322 e. The Hall–Kier alpha value is -4.24. The molecule has 29 heavy (non-hydrogen) atoms. The number of carbonyl (C=O) groups is 1. The molecule has 3 rings (SSSR count). The second-order valence-electron chi connectivity index (χ2n) is 6.26. The molecule has 142 valence electrons. The van der Waals surface area contributed by atoms with Crippen LogP contribution in [0.3, 0.4) is 0 Å². The number of nitriles is 1. The van der Waals surface area contributed by atoms with E-state index in [4.69, 9.17) is 5.26 Å². The lowest BCUT2D eigenvalue weighted by atomic mass is 10.0. The highest BCUT2D eigenvalue weighted by Crippen LogP contribution is 2.23. The highest BCUT2D eigenvalue weighted by molar-refractivity contribution is 6.29. The van der Waals surface area contributed by atoms with E-state index in [0.717, 1.165) is 5.56 Å². The first kappa shape index (κ1) is 19.5. The molecule has 0 bridgehead atoms. The van der Waals surface area contributed by atoms with Crippen LogP contribution in [0.4, 0.5) is 11.4 Å². The summed E-state index contributed by atoms with van der Waals surface area (Å²) in [7, 11) is 0. The van der Waals surface area contributed by atoms with Crippen molar-refractivity contribution < 1.29 is 9.72 Å². The fourth-order valence-corrected chi connectivity index (χ4v) is 2.79. The zero-order valence-corrected chi connectivity index (χ0v) is 15.4. The van der Waals surface area contributed by atoms with Gasteiger partial charge in [-0.3, -0.25) is 14.9 Å². The van der Waals surface area contributed by atoms with E-state index in [9.17, 15) is 14.9 Å². The third-order valence-electron chi connectivity index (χ3n) is 4.22. The monoisotopic (exact) mass is 383 g/mol. The summed E-state index contributed by atoms with van der Waals surface area (Å²) in [5.41, 5.74) is 3.04. The summed E-state index contributed by atoms with van der Waals surface area (Å²) in [4.78, 5) is 23.6. The Morgan fingerprint density at radius 3 is 2.41 bits per heavy atom. The zero-order chi connectivity index (χ0) is 20.6. The van der Waals surface area contributed by atoms with Crippen LogP contribution in [0.1, 0.15) is 16.7 Å². The molecular weight excluding hydrogens is 366 g/mol. The lowest BCUT2D eigenvalue weighted by molar-refractivity contribution is -0.384. The molecule has 3 aromatic rings. The summed E-state index contributed by atoms with van der Waals surface area (Å²) in [6.45, 7) is 0. The molecule has 1 amide bonds. The molecule has 0 spiro atoms. The quantitative estimate of drug-likeness (QED) is 0.285. The van der Waals surface area contributed by atoms with E-state index in [2.05, 4.69) is 11.4 Å². The third kappa shape index (κ3) is 5.15. The standard InChI is InChI=1S/C23H17N3O3/c24-14-13-17-9-11-20(12-10-17)25-23(27)22(19-6-2-1-3-7-19)16-18-5-4-8-21(15-18)26(28)29/h1-12,15-16H,13H2,(H,25,27)/b22-16+. The van der Waals surface area contributed by atoms with Gasteiger partial charge in [0.1, 0.15) is 0 Å². The van der Waals surface area contributed by atoms with Gasteiger partial charge in [-0.05, 0) is 34.9 Å². The number of amides is 1. The molecule has 6 heteroatoms. The molecule has 0 aliphatic heterocycles. The van der Waals surface area contributed by atoms with E-state index in [1.807, 2.05) is 18.2 Å². The molecule has 1 N–H and O–H groups in total. The SMILES string of the molecule is N#CCc1ccc(NC(=O)/C(=C/c2cccc([N+](=O)[O-])c2)c2ccccc2)cc1. The molecule has 0 atom stereocenters. The number of rotatable bonds is 6. The Balaban J connectivity index is 1.93. The highest BCUT2D eigenvalue weighted by Gasteiger charge is 2.14. The van der Waals surface area contributed by atoms with Crippen LogP contribution in [0.25, 0.3) is 11.6 Å². The normalized spacial score (nSPS) is 10.8. The lowest BCUT2D eigenvalue weighted by Gasteiger charge is -2.10. The summed E-state index contributed by atoms with van der Waals surface area (Å²) in [5, 5.41) is 22.6. The van der Waals surface area contributed by atoms with E-state index in [0.29, 0.717) is 28.8 Å². The summed E-state index contributed by atoms with van der Waals surface area (Å²) in [6, 6.07) is 24.3. The summed E-state index contributed by atoms with van der Waals surface area (Å²) in [5.74, 6) is -0.337. The van der Waals surface area contributed by atoms with Gasteiger partial charge in [-0.1, -0.05) is 54.6 Å². The van der Waals surface area contributed by atoms with Crippen LogP contribution in [0.5, 0.6) is 0 Å². The first-order valence-electron chi connectivity index (χ1n) is 8.85. The van der Waals surface area contributed by atoms with Crippen LogP contribution >= 0.6 is 0 Å². The molecule has 0 fully saturated rings. The Bertz CT molecular complexity index is 1100. The number of hydrogen-bond acceptors (Lipinski definition) is 4. The van der Waals surface area contributed by atoms with E-state index in [-0.39, 0.29) is 11.6 Å². The van der Waals surface area contributed by atoms with E-state index in [1.54, 1.807) is 54.6 Å². The number of anilines is 1. The highest BCUT2D eigenvalue weighted by atomic mass is 16.6. The van der Waals surface area contributed by atoms with Crippen molar-refractivity contribution in [2.24, 2.45) is 0 Å². The number of carbonyl (C=O) groups excluding carboxylic acids is 1. The van der Waals surface area contributed by atoms with Crippen LogP contribution in [0.2, 0.25) is 0 Å². The summed E-state index contributed by atoms with van der Waals surface area (Å²) < 4.78 is 0. The third-order valence-corrected chi connectivity index (χ3v) is 4.22. The van der Waals surface area contributed by atoms with Crippen LogP contribution in [0, 0.1) is 21.4 Å². The second kappa shape index (κ2) is 9.11. The van der Waals surface area contributed by atoms with Crippen molar-refractivity contribution in [3.05, 3.63) is 106 Å². The van der Waals surface area contributed by atoms with Gasteiger partial charge in [0.05, 0.1) is 17.4 Å². The maximum Gasteiger partial charge on any atom is 0.270 e. The van der Waals surface area contributed by atoms with Gasteiger partial charge in [-0.15, -0.1) is 0 Å². The lowest BCUT2D eigenvalue weighted by Crippen LogP contribution is -2.13. The van der Waals surface area contributed by atoms with Crippen molar-refractivity contribution in [3.8, 4) is 6.07 Å². The van der Waals surface area contributed by atoms with E-state index >= 15 is 0 Å². The van der Waals surface area contributed by atoms with E-state index < -0.39 is 4.92 Å². The van der Waals surface area contributed by atoms with Crippen molar-refractivity contribution in [2.45, 2.75) is 6.42 Å². The van der Waals surface area contributed by atoms with Crippen LogP contribution < -0.4 is 5.32 Å². The predicted molar refractivity (Wildman–Crippen MR) is 112 cm³/mol. The topological polar surface area (TPSA) is 96.0 Å². The maximum atomic E-state index is 13.0. The Labute approximate surface area is 167 Å². The van der Waals surface area contributed by atoms with E-state index in [1.165, 1.54) is 12.1 Å². The molecule has 0 unspecified atom stereocenters. The Morgan fingerprint density at radius 1 is 1.03 bits per heavy atom. The smallest absolute Gasteiger partial charge is 0.270 e. The molecule has 0 saturated carbocycles. The molecule has 0 radical (unpaired) electrons. The van der Waals surface area contributed by atoms with Crippen molar-refractivity contribution in [3.63, 3.8) is 0 Å². The molecular formula is C23H17N3O3. The fraction of sp³-hybridized carbons (Fsp3) is 0.0435. The van der Waals surface area contributed by atoms with Crippen molar-refractivity contribution in [2.75, 3.05) is 5.32 Å². The number of nitro benzene ring substituents is 1. The average molecular weight is 383 g/mol.